The molecule has 1 heterocycles. The first-order valence-corrected chi connectivity index (χ1v) is 6.77. The van der Waals surface area contributed by atoms with Crippen LogP contribution in [0.5, 0.6) is 0 Å². The number of amides is 3. The Morgan fingerprint density at radius 1 is 1.16 bits per heavy atom. The molecule has 1 fully saturated rings. The molecule has 3 amide bonds. The third kappa shape index (κ3) is 2.35. The summed E-state index contributed by atoms with van der Waals surface area (Å²) in [6.07, 6.45) is 3.72. The van der Waals surface area contributed by atoms with E-state index < -0.39 is 5.54 Å². The fraction of sp³-hybridized carbons (Fsp3) is 0.467. The highest BCUT2D eigenvalue weighted by atomic mass is 16.2. The molecule has 0 aromatic heterocycles. The maximum atomic E-state index is 12.5. The molecule has 1 N–H and O–H groups in total. The lowest BCUT2D eigenvalue weighted by Crippen LogP contribution is -2.43. The quantitative estimate of drug-likeness (QED) is 0.653. The lowest BCUT2D eigenvalue weighted by Gasteiger charge is -2.27. The van der Waals surface area contributed by atoms with Gasteiger partial charge in [0.2, 0.25) is 0 Å². The molecular formula is C15H20N2O2. The van der Waals surface area contributed by atoms with Crippen molar-refractivity contribution in [2.45, 2.75) is 38.1 Å². The molecule has 2 rings (SSSR count). The molecule has 102 valence electrons. The summed E-state index contributed by atoms with van der Waals surface area (Å²) in [6.45, 7) is 2.12. The van der Waals surface area contributed by atoms with Crippen molar-refractivity contribution in [3.63, 3.8) is 0 Å². The van der Waals surface area contributed by atoms with Gasteiger partial charge in [0.15, 0.2) is 0 Å². The topological polar surface area (TPSA) is 49.4 Å². The number of carbonyl (C=O) groups excluding carboxylic acids is 2. The van der Waals surface area contributed by atoms with Crippen LogP contribution in [0.25, 0.3) is 0 Å². The van der Waals surface area contributed by atoms with Crippen molar-refractivity contribution in [2.75, 3.05) is 7.05 Å². The van der Waals surface area contributed by atoms with Gasteiger partial charge in [0.05, 0.1) is 0 Å². The molecule has 0 bridgehead atoms. The van der Waals surface area contributed by atoms with E-state index in [9.17, 15) is 9.59 Å². The van der Waals surface area contributed by atoms with Crippen LogP contribution < -0.4 is 5.32 Å². The van der Waals surface area contributed by atoms with E-state index in [0.717, 1.165) is 24.8 Å². The second kappa shape index (κ2) is 5.43. The Morgan fingerprint density at radius 2 is 1.84 bits per heavy atom. The van der Waals surface area contributed by atoms with Crippen LogP contribution in [0.4, 0.5) is 4.79 Å². The third-order valence-corrected chi connectivity index (χ3v) is 3.72. The number of nitrogens with zero attached hydrogens (tertiary/aromatic N) is 1. The summed E-state index contributed by atoms with van der Waals surface area (Å²) in [4.78, 5) is 25.5. The van der Waals surface area contributed by atoms with Gasteiger partial charge in [-0.2, -0.15) is 0 Å². The van der Waals surface area contributed by atoms with Gasteiger partial charge in [-0.25, -0.2) is 4.79 Å². The molecule has 4 heteroatoms. The maximum Gasteiger partial charge on any atom is 0.325 e. The molecule has 1 aliphatic rings. The number of rotatable bonds is 5. The predicted octanol–water partition coefficient (Wildman–Crippen LogP) is 2.64. The summed E-state index contributed by atoms with van der Waals surface area (Å²) in [5.41, 5.74) is -0.00349. The van der Waals surface area contributed by atoms with Crippen LogP contribution in [0.3, 0.4) is 0 Å². The smallest absolute Gasteiger partial charge is 0.319 e. The van der Waals surface area contributed by atoms with Gasteiger partial charge in [-0.05, 0) is 12.0 Å². The molecule has 4 nitrogen and oxygen atoms in total. The lowest BCUT2D eigenvalue weighted by molar-refractivity contribution is -0.131. The van der Waals surface area contributed by atoms with Crippen molar-refractivity contribution >= 4 is 11.9 Å². The number of urea groups is 1. The SMILES string of the molecule is CCCCCC1(c2ccccc2)NC(=O)N(C)C1=O. The van der Waals surface area contributed by atoms with Gasteiger partial charge in [0.1, 0.15) is 5.54 Å². The zero-order chi connectivity index (χ0) is 13.9. The third-order valence-electron chi connectivity index (χ3n) is 3.72. The first-order chi connectivity index (χ1) is 9.12. The zero-order valence-corrected chi connectivity index (χ0v) is 11.5. The monoisotopic (exact) mass is 260 g/mol. The highest BCUT2D eigenvalue weighted by Gasteiger charge is 2.50. The second-order valence-corrected chi connectivity index (χ2v) is 5.02. The Balaban J connectivity index is 2.34. The summed E-state index contributed by atoms with van der Waals surface area (Å²) in [7, 11) is 1.53. The highest BCUT2D eigenvalue weighted by Crippen LogP contribution is 2.33. The van der Waals surface area contributed by atoms with Crippen LogP contribution >= 0.6 is 0 Å². The van der Waals surface area contributed by atoms with Gasteiger partial charge in [0.25, 0.3) is 5.91 Å². The fourth-order valence-electron chi connectivity index (χ4n) is 2.57. The molecule has 1 aromatic rings. The van der Waals surface area contributed by atoms with Crippen molar-refractivity contribution in [1.29, 1.82) is 0 Å². The number of carbonyl (C=O) groups is 2. The molecule has 1 aliphatic heterocycles. The first kappa shape index (κ1) is 13.6. The Morgan fingerprint density at radius 3 is 2.37 bits per heavy atom. The minimum Gasteiger partial charge on any atom is -0.319 e. The van der Waals surface area contributed by atoms with E-state index in [1.807, 2.05) is 30.3 Å². The van der Waals surface area contributed by atoms with Gasteiger partial charge in [0, 0.05) is 7.05 Å². The number of hydrogen-bond donors (Lipinski definition) is 1. The van der Waals surface area contributed by atoms with Gasteiger partial charge < -0.3 is 5.32 Å². The molecule has 0 spiro atoms. The summed E-state index contributed by atoms with van der Waals surface area (Å²) in [6, 6.07) is 9.20. The van der Waals surface area contributed by atoms with E-state index in [2.05, 4.69) is 12.2 Å². The van der Waals surface area contributed by atoms with E-state index >= 15 is 0 Å². The molecule has 1 atom stereocenters. The van der Waals surface area contributed by atoms with Crippen molar-refractivity contribution in [1.82, 2.24) is 10.2 Å². The average molecular weight is 260 g/mol. The largest absolute Gasteiger partial charge is 0.325 e. The zero-order valence-electron chi connectivity index (χ0n) is 11.5. The van der Waals surface area contributed by atoms with Gasteiger partial charge >= 0.3 is 6.03 Å². The normalized spacial score (nSPS) is 22.7. The molecule has 1 saturated heterocycles. The van der Waals surface area contributed by atoms with Gasteiger partial charge in [-0.15, -0.1) is 0 Å². The standard InChI is InChI=1S/C15H20N2O2/c1-3-4-8-11-15(12-9-6-5-7-10-12)13(18)17(2)14(19)16-15/h5-7,9-10H,3-4,8,11H2,1-2H3,(H,16,19). The molecule has 1 aromatic carbocycles. The number of nitrogens with one attached hydrogen (secondary N) is 1. The minimum absolute atomic E-state index is 0.153. The van der Waals surface area contributed by atoms with E-state index in [1.165, 1.54) is 11.9 Å². The lowest BCUT2D eigenvalue weighted by atomic mass is 9.84. The average Bonchev–Trinajstić information content (AvgIpc) is 2.66. The van der Waals surface area contributed by atoms with Crippen LogP contribution in [0, 0.1) is 0 Å². The van der Waals surface area contributed by atoms with Crippen LogP contribution in [-0.4, -0.2) is 23.9 Å². The Bertz CT molecular complexity index is 472. The highest BCUT2D eigenvalue weighted by molar-refractivity contribution is 6.07. The number of benzene rings is 1. The van der Waals surface area contributed by atoms with Crippen LogP contribution in [0.15, 0.2) is 30.3 Å². The van der Waals surface area contributed by atoms with Crippen molar-refractivity contribution in [2.24, 2.45) is 0 Å². The van der Waals surface area contributed by atoms with E-state index in [4.69, 9.17) is 0 Å². The van der Waals surface area contributed by atoms with E-state index in [0.29, 0.717) is 6.42 Å². The summed E-state index contributed by atoms with van der Waals surface area (Å²) in [5.74, 6) is -0.153. The maximum absolute atomic E-state index is 12.5. The number of likely N-dealkylation sites (N-methyl/N-ethyl adjacent to an activating group) is 1. The molecule has 19 heavy (non-hydrogen) atoms. The van der Waals surface area contributed by atoms with Crippen molar-refractivity contribution in [3.05, 3.63) is 35.9 Å². The molecular weight excluding hydrogens is 240 g/mol. The van der Waals surface area contributed by atoms with Crippen molar-refractivity contribution < 1.29 is 9.59 Å². The molecule has 1 unspecified atom stereocenters. The number of hydrogen-bond acceptors (Lipinski definition) is 2. The van der Waals surface area contributed by atoms with Crippen molar-refractivity contribution in [3.8, 4) is 0 Å². The Kier molecular flexibility index (Phi) is 3.88. The summed E-state index contributed by atoms with van der Waals surface area (Å²) < 4.78 is 0. The van der Waals surface area contributed by atoms with E-state index in [1.54, 1.807) is 0 Å². The molecule has 0 radical (unpaired) electrons. The van der Waals surface area contributed by atoms with Crippen LogP contribution in [0.2, 0.25) is 0 Å². The first-order valence-electron chi connectivity index (χ1n) is 6.77. The Hall–Kier alpha value is -1.84. The Labute approximate surface area is 113 Å². The fourth-order valence-corrected chi connectivity index (χ4v) is 2.57. The van der Waals surface area contributed by atoms with Gasteiger partial charge in [-0.3, -0.25) is 9.69 Å². The molecule has 0 saturated carbocycles. The summed E-state index contributed by atoms with van der Waals surface area (Å²) >= 11 is 0. The van der Waals surface area contributed by atoms with Crippen LogP contribution in [-0.2, 0) is 10.3 Å². The van der Waals surface area contributed by atoms with E-state index in [-0.39, 0.29) is 11.9 Å². The van der Waals surface area contributed by atoms with Crippen LogP contribution in [0.1, 0.15) is 38.2 Å². The number of unbranched alkanes of at least 4 members (excludes halogenated alkanes) is 2. The predicted molar refractivity (Wildman–Crippen MR) is 73.6 cm³/mol. The second-order valence-electron chi connectivity index (χ2n) is 5.02. The molecule has 0 aliphatic carbocycles. The minimum atomic E-state index is -0.873. The summed E-state index contributed by atoms with van der Waals surface area (Å²) in [5, 5.41) is 2.88. The number of imide groups is 1. The van der Waals surface area contributed by atoms with Gasteiger partial charge in [-0.1, -0.05) is 56.5 Å².